The quantitative estimate of drug-likeness (QED) is 0.773. The third-order valence-electron chi connectivity index (χ3n) is 4.86. The van der Waals surface area contributed by atoms with E-state index in [0.29, 0.717) is 11.7 Å². The minimum absolute atomic E-state index is 0.235. The maximum Gasteiger partial charge on any atom is 0.261 e. The van der Waals surface area contributed by atoms with Gasteiger partial charge < -0.3 is 9.64 Å². The Morgan fingerprint density at radius 1 is 1.19 bits per heavy atom. The lowest BCUT2D eigenvalue weighted by Crippen LogP contribution is -2.34. The highest BCUT2D eigenvalue weighted by atomic mass is 79.9. The van der Waals surface area contributed by atoms with Crippen LogP contribution in [0.25, 0.3) is 0 Å². The predicted octanol–water partition coefficient (Wildman–Crippen LogP) is 3.68. The van der Waals surface area contributed by atoms with Crippen molar-refractivity contribution in [3.8, 4) is 5.75 Å². The van der Waals surface area contributed by atoms with Crippen LogP contribution in [0.3, 0.4) is 0 Å². The molecule has 2 aromatic rings. The molecule has 7 heteroatoms. The Bertz CT molecular complexity index is 913. The van der Waals surface area contributed by atoms with E-state index in [1.807, 2.05) is 6.07 Å². The molecule has 0 saturated heterocycles. The summed E-state index contributed by atoms with van der Waals surface area (Å²) in [6.45, 7) is 0. The van der Waals surface area contributed by atoms with E-state index in [9.17, 15) is 8.42 Å². The van der Waals surface area contributed by atoms with E-state index < -0.39 is 10.0 Å². The maximum atomic E-state index is 12.8. The minimum atomic E-state index is -3.65. The van der Waals surface area contributed by atoms with Gasteiger partial charge in [-0.15, -0.1) is 0 Å². The molecule has 3 rings (SSSR count). The van der Waals surface area contributed by atoms with Crippen molar-refractivity contribution in [3.05, 3.63) is 52.0 Å². The number of rotatable bonds is 5. The topological polar surface area (TPSA) is 58.6 Å². The highest BCUT2D eigenvalue weighted by molar-refractivity contribution is 9.10. The van der Waals surface area contributed by atoms with Gasteiger partial charge in [0.1, 0.15) is 5.75 Å². The molecule has 1 aliphatic rings. The lowest BCUT2D eigenvalue weighted by Gasteiger charge is -2.32. The Morgan fingerprint density at radius 3 is 2.62 bits per heavy atom. The zero-order chi connectivity index (χ0) is 18.9. The molecule has 0 fully saturated rings. The van der Waals surface area contributed by atoms with Gasteiger partial charge in [-0.2, -0.15) is 0 Å². The zero-order valence-electron chi connectivity index (χ0n) is 15.1. The van der Waals surface area contributed by atoms with Crippen molar-refractivity contribution >= 4 is 31.6 Å². The Kier molecular flexibility index (Phi) is 5.60. The number of sulfonamides is 1. The number of ether oxygens (including phenoxy) is 1. The van der Waals surface area contributed by atoms with Crippen LogP contribution in [0.5, 0.6) is 5.75 Å². The molecule has 0 aromatic heterocycles. The summed E-state index contributed by atoms with van der Waals surface area (Å²) in [7, 11) is 2.15. The predicted molar refractivity (Wildman–Crippen MR) is 107 cm³/mol. The first kappa shape index (κ1) is 19.2. The van der Waals surface area contributed by atoms with Crippen molar-refractivity contribution in [1.29, 1.82) is 0 Å². The zero-order valence-corrected chi connectivity index (χ0v) is 17.5. The van der Waals surface area contributed by atoms with Gasteiger partial charge in [-0.05, 0) is 69.3 Å². The highest BCUT2D eigenvalue weighted by Gasteiger charge is 2.27. The number of likely N-dealkylation sites (N-methyl/N-ethyl adjacent to an activating group) is 1. The van der Waals surface area contributed by atoms with Gasteiger partial charge in [0.15, 0.2) is 0 Å². The average molecular weight is 439 g/mol. The fraction of sp³-hybridized carbons (Fsp3) is 0.368. The van der Waals surface area contributed by atoms with Crippen LogP contribution in [0, 0.1) is 0 Å². The summed E-state index contributed by atoms with van der Waals surface area (Å²) in [5.41, 5.74) is 2.76. The van der Waals surface area contributed by atoms with E-state index in [1.165, 1.54) is 0 Å². The smallest absolute Gasteiger partial charge is 0.261 e. The number of fused-ring (bicyclic) bond motifs is 1. The SMILES string of the molecule is COc1ccc(NS(=O)(=O)c2cccc(Br)c2)c2c1C[C@@H](N(C)C)CC2. The van der Waals surface area contributed by atoms with Crippen LogP contribution in [-0.2, 0) is 22.9 Å². The maximum absolute atomic E-state index is 12.8. The number of hydrogen-bond donors (Lipinski definition) is 1. The molecule has 2 aromatic carbocycles. The van der Waals surface area contributed by atoms with E-state index >= 15 is 0 Å². The van der Waals surface area contributed by atoms with Crippen LogP contribution < -0.4 is 9.46 Å². The second kappa shape index (κ2) is 7.58. The van der Waals surface area contributed by atoms with E-state index in [4.69, 9.17) is 4.74 Å². The highest BCUT2D eigenvalue weighted by Crippen LogP contribution is 2.36. The van der Waals surface area contributed by atoms with Crippen molar-refractivity contribution in [1.82, 2.24) is 4.90 Å². The third kappa shape index (κ3) is 3.89. The van der Waals surface area contributed by atoms with Crippen molar-refractivity contribution in [3.63, 3.8) is 0 Å². The molecule has 1 aliphatic carbocycles. The lowest BCUT2D eigenvalue weighted by atomic mass is 9.86. The Balaban J connectivity index is 1.98. The van der Waals surface area contributed by atoms with E-state index in [0.717, 1.165) is 40.6 Å². The minimum Gasteiger partial charge on any atom is -0.496 e. The fourth-order valence-electron chi connectivity index (χ4n) is 3.39. The van der Waals surface area contributed by atoms with Gasteiger partial charge in [-0.25, -0.2) is 8.42 Å². The molecule has 0 spiro atoms. The molecule has 0 heterocycles. The van der Waals surface area contributed by atoms with Gasteiger partial charge in [-0.1, -0.05) is 22.0 Å². The second-order valence-corrected chi connectivity index (χ2v) is 9.29. The number of anilines is 1. The molecule has 0 amide bonds. The normalized spacial score (nSPS) is 17.0. The van der Waals surface area contributed by atoms with Crippen molar-refractivity contribution in [2.45, 2.75) is 30.2 Å². The van der Waals surface area contributed by atoms with Crippen LogP contribution in [-0.4, -0.2) is 40.6 Å². The van der Waals surface area contributed by atoms with E-state index in [1.54, 1.807) is 37.4 Å². The summed E-state index contributed by atoms with van der Waals surface area (Å²) in [6, 6.07) is 10.8. The summed E-state index contributed by atoms with van der Waals surface area (Å²) in [4.78, 5) is 2.44. The number of benzene rings is 2. The van der Waals surface area contributed by atoms with Gasteiger partial charge >= 0.3 is 0 Å². The lowest BCUT2D eigenvalue weighted by molar-refractivity contribution is 0.265. The Hall–Kier alpha value is -1.57. The molecule has 0 bridgehead atoms. The van der Waals surface area contributed by atoms with Crippen molar-refractivity contribution < 1.29 is 13.2 Å². The average Bonchev–Trinajstić information content (AvgIpc) is 2.61. The van der Waals surface area contributed by atoms with Gasteiger partial charge in [0.2, 0.25) is 0 Å². The molecular formula is C19H23BrN2O3S. The molecule has 0 unspecified atom stereocenters. The molecule has 0 saturated carbocycles. The third-order valence-corrected chi connectivity index (χ3v) is 6.71. The molecular weight excluding hydrogens is 416 g/mol. The number of nitrogens with one attached hydrogen (secondary N) is 1. The summed E-state index contributed by atoms with van der Waals surface area (Å²) < 4.78 is 34.6. The van der Waals surface area contributed by atoms with E-state index in [-0.39, 0.29) is 4.90 Å². The van der Waals surface area contributed by atoms with Crippen LogP contribution in [0.1, 0.15) is 17.5 Å². The molecule has 5 nitrogen and oxygen atoms in total. The van der Waals surface area contributed by atoms with Crippen molar-refractivity contribution in [2.75, 3.05) is 25.9 Å². The number of nitrogens with zero attached hydrogens (tertiary/aromatic N) is 1. The number of methoxy groups -OCH3 is 1. The molecule has 1 N–H and O–H groups in total. The van der Waals surface area contributed by atoms with Gasteiger partial charge in [0.25, 0.3) is 10.0 Å². The molecule has 0 aliphatic heterocycles. The molecule has 140 valence electrons. The summed E-state index contributed by atoms with van der Waals surface area (Å²) in [6.07, 6.45) is 2.64. The largest absolute Gasteiger partial charge is 0.496 e. The van der Waals surface area contributed by atoms with Gasteiger partial charge in [0, 0.05) is 16.1 Å². The van der Waals surface area contributed by atoms with Crippen LogP contribution >= 0.6 is 15.9 Å². The monoisotopic (exact) mass is 438 g/mol. The Labute approximate surface area is 163 Å². The summed E-state index contributed by atoms with van der Waals surface area (Å²) >= 11 is 3.33. The van der Waals surface area contributed by atoms with Crippen LogP contribution in [0.4, 0.5) is 5.69 Å². The first-order valence-electron chi connectivity index (χ1n) is 8.45. The molecule has 26 heavy (non-hydrogen) atoms. The van der Waals surface area contributed by atoms with Crippen LogP contribution in [0.15, 0.2) is 45.8 Å². The van der Waals surface area contributed by atoms with E-state index in [2.05, 4.69) is 39.6 Å². The molecule has 1 atom stereocenters. The van der Waals surface area contributed by atoms with Crippen molar-refractivity contribution in [2.24, 2.45) is 0 Å². The summed E-state index contributed by atoms with van der Waals surface area (Å²) in [5, 5.41) is 0. The first-order chi connectivity index (χ1) is 12.3. The van der Waals surface area contributed by atoms with Gasteiger partial charge in [0.05, 0.1) is 17.7 Å². The van der Waals surface area contributed by atoms with Crippen LogP contribution in [0.2, 0.25) is 0 Å². The first-order valence-corrected chi connectivity index (χ1v) is 10.7. The standard InChI is InChI=1S/C19H23BrN2O3S/c1-22(2)14-7-8-16-17(12-14)19(25-3)10-9-18(16)21-26(23,24)15-6-4-5-13(20)11-15/h4-6,9-11,14,21H,7-8,12H2,1-3H3/t14-/m0/s1. The second-order valence-electron chi connectivity index (χ2n) is 6.70. The molecule has 0 radical (unpaired) electrons. The number of hydrogen-bond acceptors (Lipinski definition) is 4. The summed E-state index contributed by atoms with van der Waals surface area (Å²) in [5.74, 6) is 0.817. The Morgan fingerprint density at radius 2 is 1.96 bits per heavy atom. The number of halogens is 1. The van der Waals surface area contributed by atoms with Gasteiger partial charge in [-0.3, -0.25) is 4.72 Å². The fourth-order valence-corrected chi connectivity index (χ4v) is 5.08.